The number of benzene rings is 1. The highest BCUT2D eigenvalue weighted by atomic mass is 79.9. The summed E-state index contributed by atoms with van der Waals surface area (Å²) in [6.45, 7) is 2.43. The van der Waals surface area contributed by atoms with E-state index in [4.69, 9.17) is 15.2 Å². The van der Waals surface area contributed by atoms with E-state index in [-0.39, 0.29) is 13.0 Å². The van der Waals surface area contributed by atoms with Gasteiger partial charge in [-0.2, -0.15) is 0 Å². The van der Waals surface area contributed by atoms with Crippen LogP contribution >= 0.6 is 15.9 Å². The minimum Gasteiger partial charge on any atom is -0.490 e. The van der Waals surface area contributed by atoms with Crippen LogP contribution < -0.4 is 15.2 Å². The number of hydrogen-bond acceptors (Lipinski definition) is 4. The third kappa shape index (κ3) is 4.03. The predicted molar refractivity (Wildman–Crippen MR) is 70.0 cm³/mol. The van der Waals surface area contributed by atoms with E-state index in [1.807, 2.05) is 6.92 Å². The lowest BCUT2D eigenvalue weighted by Gasteiger charge is -2.13. The van der Waals surface area contributed by atoms with Crippen molar-refractivity contribution in [3.8, 4) is 11.5 Å². The molecule has 1 aromatic carbocycles. The first kappa shape index (κ1) is 14.5. The number of rotatable bonds is 7. The molecule has 0 fully saturated rings. The van der Waals surface area contributed by atoms with Crippen LogP contribution in [0, 0.1) is 0 Å². The van der Waals surface area contributed by atoms with Gasteiger partial charge in [-0.15, -0.1) is 0 Å². The fourth-order valence-corrected chi connectivity index (χ4v) is 1.89. The number of primary amides is 1. The van der Waals surface area contributed by atoms with Gasteiger partial charge in [0, 0.05) is 5.56 Å². The molecular weight excluding hydrogens is 302 g/mol. The quantitative estimate of drug-likeness (QED) is 0.780. The highest BCUT2D eigenvalue weighted by Gasteiger charge is 2.12. The number of aldehydes is 1. The van der Waals surface area contributed by atoms with Crippen molar-refractivity contribution in [2.45, 2.75) is 13.3 Å². The van der Waals surface area contributed by atoms with E-state index in [2.05, 4.69) is 15.9 Å². The second kappa shape index (κ2) is 7.00. The summed E-state index contributed by atoms with van der Waals surface area (Å²) in [6, 6.07) is 3.20. The summed E-state index contributed by atoms with van der Waals surface area (Å²) in [5.41, 5.74) is 5.51. The van der Waals surface area contributed by atoms with Gasteiger partial charge in [0.1, 0.15) is 6.29 Å². The molecule has 0 saturated heterocycles. The van der Waals surface area contributed by atoms with E-state index in [9.17, 15) is 9.59 Å². The van der Waals surface area contributed by atoms with E-state index < -0.39 is 5.91 Å². The van der Waals surface area contributed by atoms with Crippen LogP contribution in [0.1, 0.15) is 23.7 Å². The summed E-state index contributed by atoms with van der Waals surface area (Å²) in [6.07, 6.45) is 0.841. The van der Waals surface area contributed by atoms with Crippen molar-refractivity contribution < 1.29 is 19.1 Å². The molecule has 0 heterocycles. The van der Waals surface area contributed by atoms with Crippen LogP contribution in [0.25, 0.3) is 0 Å². The van der Waals surface area contributed by atoms with Crippen molar-refractivity contribution in [1.29, 1.82) is 0 Å². The maximum atomic E-state index is 10.8. The molecule has 0 aliphatic rings. The smallest absolute Gasteiger partial charge is 0.220 e. The minimum absolute atomic E-state index is 0.118. The SMILES string of the molecule is CCOc1cc(C=O)cc(Br)c1OCCC(N)=O. The fraction of sp³-hybridized carbons (Fsp3) is 0.333. The summed E-state index contributed by atoms with van der Waals surface area (Å²) in [4.78, 5) is 21.4. The highest BCUT2D eigenvalue weighted by molar-refractivity contribution is 9.10. The fourth-order valence-electron chi connectivity index (χ4n) is 1.31. The van der Waals surface area contributed by atoms with E-state index in [0.29, 0.717) is 28.1 Å². The van der Waals surface area contributed by atoms with E-state index in [1.54, 1.807) is 12.1 Å². The summed E-state index contributed by atoms with van der Waals surface area (Å²) in [5.74, 6) is 0.482. The van der Waals surface area contributed by atoms with Crippen LogP contribution in [0.2, 0.25) is 0 Å². The van der Waals surface area contributed by atoms with Crippen LogP contribution in [0.4, 0.5) is 0 Å². The van der Waals surface area contributed by atoms with Crippen molar-refractivity contribution in [1.82, 2.24) is 0 Å². The maximum Gasteiger partial charge on any atom is 0.220 e. The molecule has 5 nitrogen and oxygen atoms in total. The number of amides is 1. The molecular formula is C12H14BrNO4. The van der Waals surface area contributed by atoms with E-state index in [1.165, 1.54) is 0 Å². The first-order valence-electron chi connectivity index (χ1n) is 5.41. The van der Waals surface area contributed by atoms with E-state index in [0.717, 1.165) is 6.29 Å². The van der Waals surface area contributed by atoms with Gasteiger partial charge in [-0.1, -0.05) is 0 Å². The number of carbonyl (C=O) groups is 2. The lowest BCUT2D eigenvalue weighted by molar-refractivity contribution is -0.118. The second-order valence-electron chi connectivity index (χ2n) is 3.45. The van der Waals surface area contributed by atoms with Crippen LogP contribution in [0.15, 0.2) is 16.6 Å². The summed E-state index contributed by atoms with van der Waals surface area (Å²) < 4.78 is 11.4. The van der Waals surface area contributed by atoms with Gasteiger partial charge in [-0.25, -0.2) is 0 Å². The second-order valence-corrected chi connectivity index (χ2v) is 4.30. The third-order valence-electron chi connectivity index (χ3n) is 2.06. The lowest BCUT2D eigenvalue weighted by atomic mass is 10.2. The first-order valence-corrected chi connectivity index (χ1v) is 6.20. The summed E-state index contributed by atoms with van der Waals surface area (Å²) in [5, 5.41) is 0. The molecule has 1 rings (SSSR count). The molecule has 18 heavy (non-hydrogen) atoms. The zero-order valence-corrected chi connectivity index (χ0v) is 11.5. The zero-order chi connectivity index (χ0) is 13.5. The Kier molecular flexibility index (Phi) is 5.64. The standard InChI is InChI=1S/C12H14BrNO4/c1-2-17-10-6-8(7-15)5-9(13)12(10)18-4-3-11(14)16/h5-7H,2-4H2,1H3,(H2,14,16). The molecule has 0 radical (unpaired) electrons. The summed E-state index contributed by atoms with van der Waals surface area (Å²) >= 11 is 3.30. The average molecular weight is 316 g/mol. The molecule has 0 unspecified atom stereocenters. The van der Waals surface area contributed by atoms with Gasteiger partial charge in [-0.3, -0.25) is 9.59 Å². The molecule has 0 spiro atoms. The number of carbonyl (C=O) groups excluding carboxylic acids is 2. The van der Waals surface area contributed by atoms with Gasteiger partial charge in [-0.05, 0) is 35.0 Å². The Labute approximate surface area is 113 Å². The minimum atomic E-state index is -0.436. The van der Waals surface area contributed by atoms with Gasteiger partial charge in [0.25, 0.3) is 0 Å². The average Bonchev–Trinajstić information content (AvgIpc) is 2.32. The number of hydrogen-bond donors (Lipinski definition) is 1. The zero-order valence-electron chi connectivity index (χ0n) is 9.94. The Balaban J connectivity index is 2.92. The Morgan fingerprint density at radius 2 is 2.17 bits per heavy atom. The Morgan fingerprint density at radius 1 is 1.44 bits per heavy atom. The topological polar surface area (TPSA) is 78.6 Å². The molecule has 0 saturated carbocycles. The first-order chi connectivity index (χ1) is 8.58. The Morgan fingerprint density at radius 3 is 2.72 bits per heavy atom. The van der Waals surface area contributed by atoms with Crippen LogP contribution in [0.5, 0.6) is 11.5 Å². The monoisotopic (exact) mass is 315 g/mol. The molecule has 0 bridgehead atoms. The van der Waals surface area contributed by atoms with Crippen molar-refractivity contribution in [3.63, 3.8) is 0 Å². The van der Waals surface area contributed by atoms with Gasteiger partial charge >= 0.3 is 0 Å². The molecule has 0 aliphatic heterocycles. The molecule has 0 aliphatic carbocycles. The Hall–Kier alpha value is -1.56. The molecule has 1 aromatic rings. The molecule has 0 atom stereocenters. The van der Waals surface area contributed by atoms with E-state index >= 15 is 0 Å². The number of ether oxygens (including phenoxy) is 2. The van der Waals surface area contributed by atoms with Crippen LogP contribution in [0.3, 0.4) is 0 Å². The predicted octanol–water partition coefficient (Wildman–Crippen LogP) is 1.91. The molecule has 6 heteroatoms. The molecule has 98 valence electrons. The van der Waals surface area contributed by atoms with Crippen molar-refractivity contribution in [2.24, 2.45) is 5.73 Å². The van der Waals surface area contributed by atoms with Gasteiger partial charge < -0.3 is 15.2 Å². The number of halogens is 1. The van der Waals surface area contributed by atoms with Crippen LogP contribution in [-0.4, -0.2) is 25.4 Å². The Bertz CT molecular complexity index is 448. The summed E-state index contributed by atoms with van der Waals surface area (Å²) in [7, 11) is 0. The normalized spacial score (nSPS) is 9.89. The van der Waals surface area contributed by atoms with Crippen molar-refractivity contribution >= 4 is 28.1 Å². The van der Waals surface area contributed by atoms with Gasteiger partial charge in [0.05, 0.1) is 24.1 Å². The van der Waals surface area contributed by atoms with Gasteiger partial charge in [0.2, 0.25) is 5.91 Å². The van der Waals surface area contributed by atoms with Crippen molar-refractivity contribution in [3.05, 3.63) is 22.2 Å². The number of nitrogens with two attached hydrogens (primary N) is 1. The maximum absolute atomic E-state index is 10.8. The lowest BCUT2D eigenvalue weighted by Crippen LogP contribution is -2.15. The molecule has 2 N–H and O–H groups in total. The van der Waals surface area contributed by atoms with Crippen molar-refractivity contribution in [2.75, 3.05) is 13.2 Å². The molecule has 1 amide bonds. The largest absolute Gasteiger partial charge is 0.490 e. The van der Waals surface area contributed by atoms with Gasteiger partial charge in [0.15, 0.2) is 11.5 Å². The van der Waals surface area contributed by atoms with Crippen LogP contribution in [-0.2, 0) is 4.79 Å². The third-order valence-corrected chi connectivity index (χ3v) is 2.65. The molecule has 0 aromatic heterocycles. The highest BCUT2D eigenvalue weighted by Crippen LogP contribution is 2.36.